The molecule has 1 saturated heterocycles. The maximum atomic E-state index is 12.1. The first kappa shape index (κ1) is 25.5. The minimum absolute atomic E-state index is 0.415. The van der Waals surface area contributed by atoms with E-state index in [0.29, 0.717) is 18.5 Å². The number of likely N-dealkylation sites (N-methyl/N-ethyl adjacent to an activating group) is 1. The molecule has 0 spiro atoms. The number of nitrogens with one attached hydrogen (secondary N) is 3. The van der Waals surface area contributed by atoms with Gasteiger partial charge in [-0.3, -0.25) is 9.89 Å². The topological polar surface area (TPSA) is 81.2 Å². The van der Waals surface area contributed by atoms with Gasteiger partial charge in [0.05, 0.1) is 5.54 Å². The molecule has 1 amide bonds. The van der Waals surface area contributed by atoms with Crippen LogP contribution in [0.3, 0.4) is 0 Å². The first-order valence-corrected chi connectivity index (χ1v) is 10.7. The van der Waals surface area contributed by atoms with Crippen molar-refractivity contribution in [3.05, 3.63) is 0 Å². The molecular formula is C21H44N6O2. The molecule has 0 aromatic heterocycles. The van der Waals surface area contributed by atoms with Crippen LogP contribution in [-0.2, 0) is 4.74 Å². The number of rotatable bonds is 7. The number of guanidine groups is 1. The smallest absolute Gasteiger partial charge is 0.408 e. The second-order valence-corrected chi connectivity index (χ2v) is 9.97. The second-order valence-electron chi connectivity index (χ2n) is 9.97. The molecule has 0 radical (unpaired) electrons. The van der Waals surface area contributed by atoms with Crippen LogP contribution in [0.5, 0.6) is 0 Å². The molecule has 0 aromatic rings. The highest BCUT2D eigenvalue weighted by Crippen LogP contribution is 2.13. The van der Waals surface area contributed by atoms with Gasteiger partial charge in [0.1, 0.15) is 5.60 Å². The number of piperazine rings is 1. The van der Waals surface area contributed by atoms with Gasteiger partial charge < -0.3 is 25.6 Å². The van der Waals surface area contributed by atoms with Crippen molar-refractivity contribution in [2.24, 2.45) is 10.9 Å². The Morgan fingerprint density at radius 2 is 1.66 bits per heavy atom. The maximum Gasteiger partial charge on any atom is 0.408 e. The average molecular weight is 413 g/mol. The van der Waals surface area contributed by atoms with Crippen molar-refractivity contribution >= 4 is 12.1 Å². The first-order chi connectivity index (χ1) is 13.3. The molecule has 1 aliphatic heterocycles. The number of hydrogen-bond acceptors (Lipinski definition) is 5. The normalized spacial score (nSPS) is 18.5. The summed E-state index contributed by atoms with van der Waals surface area (Å²) in [5.74, 6) is 1.29. The van der Waals surface area contributed by atoms with Crippen LogP contribution in [0.15, 0.2) is 4.99 Å². The van der Waals surface area contributed by atoms with Gasteiger partial charge in [-0.15, -0.1) is 0 Å². The molecule has 0 aromatic carbocycles. The molecule has 1 rings (SSSR count). The molecule has 0 aliphatic carbocycles. The molecule has 170 valence electrons. The summed E-state index contributed by atoms with van der Waals surface area (Å²) >= 11 is 0. The lowest BCUT2D eigenvalue weighted by molar-refractivity contribution is 0.0474. The quantitative estimate of drug-likeness (QED) is 0.436. The van der Waals surface area contributed by atoms with Crippen LogP contribution >= 0.6 is 0 Å². The highest BCUT2D eigenvalue weighted by atomic mass is 16.6. The van der Waals surface area contributed by atoms with Crippen LogP contribution < -0.4 is 16.0 Å². The first-order valence-electron chi connectivity index (χ1n) is 10.7. The van der Waals surface area contributed by atoms with Gasteiger partial charge in [-0.1, -0.05) is 13.8 Å². The van der Waals surface area contributed by atoms with E-state index >= 15 is 0 Å². The fraction of sp³-hybridized carbons (Fsp3) is 0.905. The summed E-state index contributed by atoms with van der Waals surface area (Å²) in [6, 6.07) is 0.454. The number of ether oxygens (including phenoxy) is 1. The molecule has 0 saturated carbocycles. The molecule has 1 fully saturated rings. The minimum Gasteiger partial charge on any atom is -0.444 e. The number of alkyl carbamates (subject to hydrolysis) is 1. The number of carbonyl (C=O) groups excluding carboxylic acids is 1. The molecule has 1 atom stereocenters. The Morgan fingerprint density at radius 3 is 2.14 bits per heavy atom. The van der Waals surface area contributed by atoms with Crippen molar-refractivity contribution in [3.63, 3.8) is 0 Å². The Hall–Kier alpha value is -1.54. The molecule has 8 nitrogen and oxygen atoms in total. The van der Waals surface area contributed by atoms with E-state index in [9.17, 15) is 4.79 Å². The van der Waals surface area contributed by atoms with Gasteiger partial charge in [0.15, 0.2) is 5.96 Å². The third-order valence-corrected chi connectivity index (χ3v) is 5.02. The van der Waals surface area contributed by atoms with E-state index in [0.717, 1.165) is 38.7 Å². The van der Waals surface area contributed by atoms with E-state index < -0.39 is 17.2 Å². The predicted molar refractivity (Wildman–Crippen MR) is 121 cm³/mol. The number of carbonyl (C=O) groups is 1. The molecule has 8 heteroatoms. The van der Waals surface area contributed by atoms with Gasteiger partial charge in [-0.2, -0.15) is 0 Å². The Balaban J connectivity index is 2.52. The van der Waals surface area contributed by atoms with Crippen LogP contribution in [0.4, 0.5) is 4.79 Å². The SMILES string of the molecule is CN=C(NCC(C(C)C)N1CCN(C)CC1)NCC(C)(C)NC(=O)OC(C)(C)C. The zero-order valence-electron chi connectivity index (χ0n) is 20.1. The van der Waals surface area contributed by atoms with Crippen LogP contribution in [0, 0.1) is 5.92 Å². The largest absolute Gasteiger partial charge is 0.444 e. The summed E-state index contributed by atoms with van der Waals surface area (Å²) in [7, 11) is 3.95. The summed E-state index contributed by atoms with van der Waals surface area (Å²) in [4.78, 5) is 21.3. The van der Waals surface area contributed by atoms with E-state index in [4.69, 9.17) is 4.74 Å². The number of aliphatic imine (C=N–C) groups is 1. The second kappa shape index (κ2) is 11.0. The van der Waals surface area contributed by atoms with Gasteiger partial charge >= 0.3 is 6.09 Å². The number of hydrogen-bond donors (Lipinski definition) is 3. The lowest BCUT2D eigenvalue weighted by Crippen LogP contribution is -2.57. The zero-order valence-corrected chi connectivity index (χ0v) is 20.1. The third kappa shape index (κ3) is 10.2. The van der Waals surface area contributed by atoms with Crippen LogP contribution in [0.25, 0.3) is 0 Å². The third-order valence-electron chi connectivity index (χ3n) is 5.02. The number of amides is 1. The van der Waals surface area contributed by atoms with Gasteiger partial charge in [0, 0.05) is 52.4 Å². The van der Waals surface area contributed by atoms with E-state index in [2.05, 4.69) is 51.6 Å². The average Bonchev–Trinajstić information content (AvgIpc) is 2.56. The van der Waals surface area contributed by atoms with E-state index in [1.54, 1.807) is 7.05 Å². The lowest BCUT2D eigenvalue weighted by Gasteiger charge is -2.40. The van der Waals surface area contributed by atoms with Crippen molar-refractivity contribution in [2.45, 2.75) is 65.6 Å². The predicted octanol–water partition coefficient (Wildman–Crippen LogP) is 1.73. The van der Waals surface area contributed by atoms with Gasteiger partial charge in [0.25, 0.3) is 0 Å². The van der Waals surface area contributed by atoms with E-state index in [-0.39, 0.29) is 0 Å². The molecule has 3 N–H and O–H groups in total. The molecule has 0 bridgehead atoms. The van der Waals surface area contributed by atoms with Crippen molar-refractivity contribution < 1.29 is 9.53 Å². The van der Waals surface area contributed by atoms with Crippen molar-refractivity contribution in [1.82, 2.24) is 25.8 Å². The van der Waals surface area contributed by atoms with Gasteiger partial charge in [-0.25, -0.2) is 4.79 Å². The highest BCUT2D eigenvalue weighted by Gasteiger charge is 2.27. The standard InChI is InChI=1S/C21H44N6O2/c1-16(2)17(27-12-10-26(9)11-13-27)14-23-18(22-8)24-15-21(6,7)25-19(28)29-20(3,4)5/h16-17H,10-15H2,1-9H3,(H,25,28)(H2,22,23,24). The number of nitrogens with zero attached hydrogens (tertiary/aromatic N) is 3. The van der Waals surface area contributed by atoms with Crippen LogP contribution in [0.1, 0.15) is 48.5 Å². The van der Waals surface area contributed by atoms with Crippen LogP contribution in [0.2, 0.25) is 0 Å². The van der Waals surface area contributed by atoms with E-state index in [1.807, 2.05) is 34.6 Å². The summed E-state index contributed by atoms with van der Waals surface area (Å²) in [6.07, 6.45) is -0.415. The Morgan fingerprint density at radius 1 is 1.07 bits per heavy atom. The van der Waals surface area contributed by atoms with E-state index in [1.165, 1.54) is 0 Å². The molecule has 29 heavy (non-hydrogen) atoms. The highest BCUT2D eigenvalue weighted by molar-refractivity contribution is 5.79. The Kier molecular flexibility index (Phi) is 9.68. The van der Waals surface area contributed by atoms with Crippen LogP contribution in [-0.4, -0.2) is 92.4 Å². The zero-order chi connectivity index (χ0) is 22.2. The Bertz CT molecular complexity index is 534. The molecule has 1 heterocycles. The summed E-state index contributed by atoms with van der Waals surface area (Å²) in [6.45, 7) is 19.8. The molecular weight excluding hydrogens is 368 g/mol. The fourth-order valence-electron chi connectivity index (χ4n) is 3.29. The Labute approximate surface area is 177 Å². The summed E-state index contributed by atoms with van der Waals surface area (Å²) in [5, 5.41) is 9.70. The maximum absolute atomic E-state index is 12.1. The van der Waals surface area contributed by atoms with Crippen molar-refractivity contribution in [3.8, 4) is 0 Å². The minimum atomic E-state index is -0.514. The fourth-order valence-corrected chi connectivity index (χ4v) is 3.29. The summed E-state index contributed by atoms with van der Waals surface area (Å²) < 4.78 is 5.35. The monoisotopic (exact) mass is 412 g/mol. The molecule has 1 unspecified atom stereocenters. The summed E-state index contributed by atoms with van der Waals surface area (Å²) in [5.41, 5.74) is -0.991. The lowest BCUT2D eigenvalue weighted by atomic mass is 10.0. The van der Waals surface area contributed by atoms with Gasteiger partial charge in [0.2, 0.25) is 0 Å². The van der Waals surface area contributed by atoms with Crippen molar-refractivity contribution in [1.29, 1.82) is 0 Å². The van der Waals surface area contributed by atoms with Crippen molar-refractivity contribution in [2.75, 3.05) is 53.4 Å². The van der Waals surface area contributed by atoms with Gasteiger partial charge in [-0.05, 0) is 47.6 Å². The molecule has 1 aliphatic rings.